The fourth-order valence-corrected chi connectivity index (χ4v) is 4.69. The number of rotatable bonds is 12. The Labute approximate surface area is 200 Å². The predicted molar refractivity (Wildman–Crippen MR) is 144 cm³/mol. The molecule has 1 aliphatic carbocycles. The van der Waals surface area contributed by atoms with Gasteiger partial charge in [0, 0.05) is 5.92 Å². The lowest BCUT2D eigenvalue weighted by Crippen LogP contribution is -2.26. The number of aliphatic hydroxyl groups is 1. The molecule has 1 heteroatoms. The Kier molecular flexibility index (Phi) is 12.0. The summed E-state index contributed by atoms with van der Waals surface area (Å²) in [7, 11) is 0. The summed E-state index contributed by atoms with van der Waals surface area (Å²) in [5, 5.41) is 10.6. The second kappa shape index (κ2) is 13.4. The molecule has 0 bridgehead atoms. The highest BCUT2D eigenvalue weighted by atomic mass is 16.3. The van der Waals surface area contributed by atoms with Gasteiger partial charge in [0.25, 0.3) is 0 Å². The third kappa shape index (κ3) is 9.65. The zero-order valence-electron chi connectivity index (χ0n) is 23.0. The summed E-state index contributed by atoms with van der Waals surface area (Å²) in [5.74, 6) is 0.246. The van der Waals surface area contributed by atoms with Crippen molar-refractivity contribution in [1.82, 2.24) is 0 Å². The van der Waals surface area contributed by atoms with E-state index in [0.29, 0.717) is 5.41 Å². The molecular weight excluding hydrogens is 388 g/mol. The standard InChI is InChI=1S/C31H52O/c1-22(2)14-11-15-23(3)16-12-17-24(4)18-13-20-31(9,10)21-19-29-26(6)25(5)27(7)30(32)28(29)8/h14,16,18,27,30,32H,11-13,15,17,19-21H2,1-10H3/b23-16+,24-18+. The molecule has 0 amide bonds. The van der Waals surface area contributed by atoms with Crippen LogP contribution in [0.1, 0.15) is 121 Å². The average molecular weight is 441 g/mol. The Hall–Kier alpha value is -1.34. The van der Waals surface area contributed by atoms with Gasteiger partial charge in [-0.15, -0.1) is 0 Å². The molecule has 1 aliphatic rings. The summed E-state index contributed by atoms with van der Waals surface area (Å²) in [4.78, 5) is 0. The van der Waals surface area contributed by atoms with Gasteiger partial charge in [0.15, 0.2) is 0 Å². The Balaban J connectivity index is 2.49. The van der Waals surface area contributed by atoms with Gasteiger partial charge in [-0.05, 0) is 122 Å². The largest absolute Gasteiger partial charge is 0.388 e. The zero-order chi connectivity index (χ0) is 24.5. The molecule has 182 valence electrons. The zero-order valence-corrected chi connectivity index (χ0v) is 23.0. The van der Waals surface area contributed by atoms with E-state index in [0.717, 1.165) is 25.7 Å². The van der Waals surface area contributed by atoms with Gasteiger partial charge >= 0.3 is 0 Å². The molecule has 0 saturated heterocycles. The third-order valence-corrected chi connectivity index (χ3v) is 7.61. The molecule has 0 aromatic carbocycles. The minimum Gasteiger partial charge on any atom is -0.388 e. The fourth-order valence-electron chi connectivity index (χ4n) is 4.69. The first-order valence-corrected chi connectivity index (χ1v) is 12.9. The molecule has 1 N–H and O–H groups in total. The molecule has 1 rings (SSSR count). The maximum absolute atomic E-state index is 10.6. The molecular formula is C31H52O. The number of aliphatic hydroxyl groups excluding tert-OH is 1. The van der Waals surface area contributed by atoms with Crippen molar-refractivity contribution < 1.29 is 5.11 Å². The molecule has 0 spiro atoms. The molecule has 0 aromatic heterocycles. The highest BCUT2D eigenvalue weighted by Crippen LogP contribution is 2.39. The highest BCUT2D eigenvalue weighted by Gasteiger charge is 2.28. The quantitative estimate of drug-likeness (QED) is 0.299. The molecule has 2 atom stereocenters. The van der Waals surface area contributed by atoms with Gasteiger partial charge in [-0.3, -0.25) is 0 Å². The summed E-state index contributed by atoms with van der Waals surface area (Å²) in [6.07, 6.45) is 16.2. The molecule has 0 heterocycles. The molecule has 1 nitrogen and oxygen atoms in total. The van der Waals surface area contributed by atoms with Crippen LogP contribution in [0.5, 0.6) is 0 Å². The smallest absolute Gasteiger partial charge is 0.0815 e. The topological polar surface area (TPSA) is 20.2 Å². The van der Waals surface area contributed by atoms with Gasteiger partial charge < -0.3 is 5.11 Å². The first kappa shape index (κ1) is 28.7. The highest BCUT2D eigenvalue weighted by molar-refractivity contribution is 5.43. The van der Waals surface area contributed by atoms with E-state index in [-0.39, 0.29) is 12.0 Å². The van der Waals surface area contributed by atoms with Gasteiger partial charge in [0.05, 0.1) is 6.10 Å². The van der Waals surface area contributed by atoms with Crippen LogP contribution < -0.4 is 0 Å². The lowest BCUT2D eigenvalue weighted by atomic mass is 9.75. The lowest BCUT2D eigenvalue weighted by molar-refractivity contribution is 0.162. The van der Waals surface area contributed by atoms with Crippen molar-refractivity contribution in [3.8, 4) is 0 Å². The minimum absolute atomic E-state index is 0.246. The van der Waals surface area contributed by atoms with Crippen LogP contribution in [0.15, 0.2) is 57.2 Å². The van der Waals surface area contributed by atoms with Crippen molar-refractivity contribution in [2.24, 2.45) is 11.3 Å². The lowest BCUT2D eigenvalue weighted by Gasteiger charge is -2.33. The van der Waals surface area contributed by atoms with E-state index >= 15 is 0 Å². The van der Waals surface area contributed by atoms with Crippen LogP contribution in [0.4, 0.5) is 0 Å². The molecule has 32 heavy (non-hydrogen) atoms. The first-order chi connectivity index (χ1) is 14.9. The van der Waals surface area contributed by atoms with Crippen LogP contribution >= 0.6 is 0 Å². The van der Waals surface area contributed by atoms with Crippen LogP contribution in [0.3, 0.4) is 0 Å². The minimum atomic E-state index is -0.313. The van der Waals surface area contributed by atoms with Crippen molar-refractivity contribution >= 4 is 0 Å². The summed E-state index contributed by atoms with van der Waals surface area (Å²) < 4.78 is 0. The second-order valence-corrected chi connectivity index (χ2v) is 11.4. The maximum atomic E-state index is 10.6. The van der Waals surface area contributed by atoms with Gasteiger partial charge in [0.2, 0.25) is 0 Å². The Morgan fingerprint density at radius 1 is 0.812 bits per heavy atom. The van der Waals surface area contributed by atoms with Crippen molar-refractivity contribution in [3.05, 3.63) is 57.2 Å². The maximum Gasteiger partial charge on any atom is 0.0815 e. The van der Waals surface area contributed by atoms with Crippen LogP contribution in [0, 0.1) is 11.3 Å². The van der Waals surface area contributed by atoms with Crippen LogP contribution in [-0.2, 0) is 0 Å². The molecule has 0 saturated carbocycles. The van der Waals surface area contributed by atoms with E-state index in [1.165, 1.54) is 64.7 Å². The second-order valence-electron chi connectivity index (χ2n) is 11.4. The third-order valence-electron chi connectivity index (χ3n) is 7.61. The van der Waals surface area contributed by atoms with E-state index in [9.17, 15) is 5.11 Å². The Bertz CT molecular complexity index is 762. The molecule has 0 radical (unpaired) electrons. The monoisotopic (exact) mass is 440 g/mol. The number of hydrogen-bond donors (Lipinski definition) is 1. The molecule has 0 aliphatic heterocycles. The first-order valence-electron chi connectivity index (χ1n) is 12.9. The van der Waals surface area contributed by atoms with E-state index in [1.807, 2.05) is 0 Å². The van der Waals surface area contributed by atoms with Crippen molar-refractivity contribution in [1.29, 1.82) is 0 Å². The molecule has 0 aromatic rings. The summed E-state index contributed by atoms with van der Waals surface area (Å²) in [6, 6.07) is 0. The van der Waals surface area contributed by atoms with E-state index in [4.69, 9.17) is 0 Å². The van der Waals surface area contributed by atoms with Crippen LogP contribution in [0.25, 0.3) is 0 Å². The van der Waals surface area contributed by atoms with Gasteiger partial charge in [-0.2, -0.15) is 0 Å². The van der Waals surface area contributed by atoms with Gasteiger partial charge in [0.1, 0.15) is 0 Å². The van der Waals surface area contributed by atoms with Crippen LogP contribution in [0.2, 0.25) is 0 Å². The summed E-state index contributed by atoms with van der Waals surface area (Å²) in [5.41, 5.74) is 10.1. The van der Waals surface area contributed by atoms with Gasteiger partial charge in [-0.1, -0.05) is 61.3 Å². The summed E-state index contributed by atoms with van der Waals surface area (Å²) >= 11 is 0. The predicted octanol–water partition coefficient (Wildman–Crippen LogP) is 9.66. The van der Waals surface area contributed by atoms with E-state index in [1.54, 1.807) is 0 Å². The molecule has 0 fully saturated rings. The summed E-state index contributed by atoms with van der Waals surface area (Å²) in [6.45, 7) is 22.4. The van der Waals surface area contributed by atoms with Crippen molar-refractivity contribution in [2.45, 2.75) is 127 Å². The SMILES string of the molecule is CC(C)=CCC/C(C)=C/CC/C(C)=C/CCC(C)(C)CCC1=C(C)C(O)C(C)C(C)=C1C. The van der Waals surface area contributed by atoms with Crippen molar-refractivity contribution in [3.63, 3.8) is 0 Å². The van der Waals surface area contributed by atoms with Crippen molar-refractivity contribution in [2.75, 3.05) is 0 Å². The fraction of sp³-hybridized carbons (Fsp3) is 0.677. The molecule has 2 unspecified atom stereocenters. The Morgan fingerprint density at radius 2 is 1.34 bits per heavy atom. The average Bonchev–Trinajstić information content (AvgIpc) is 2.70. The Morgan fingerprint density at radius 3 is 1.91 bits per heavy atom. The van der Waals surface area contributed by atoms with Crippen LogP contribution in [-0.4, -0.2) is 11.2 Å². The van der Waals surface area contributed by atoms with E-state index in [2.05, 4.69) is 87.5 Å². The number of hydrogen-bond acceptors (Lipinski definition) is 1. The van der Waals surface area contributed by atoms with Gasteiger partial charge in [-0.25, -0.2) is 0 Å². The van der Waals surface area contributed by atoms with E-state index < -0.39 is 0 Å². The normalized spacial score (nSPS) is 20.8. The number of allylic oxidation sites excluding steroid dienone is 8.